The van der Waals surface area contributed by atoms with Crippen LogP contribution in [-0.2, 0) is 0 Å². The van der Waals surface area contributed by atoms with Gasteiger partial charge in [-0.05, 0) is 36.6 Å². The van der Waals surface area contributed by atoms with Crippen LogP contribution in [0.5, 0.6) is 0 Å². The quantitative estimate of drug-likeness (QED) is 0.713. The lowest BCUT2D eigenvalue weighted by Crippen LogP contribution is -1.93. The molecule has 3 rings (SSSR count). The SMILES string of the molecule is Cc1ccc(-c2csc3ncc(N)n23)cc1C. The average molecular weight is 243 g/mol. The van der Waals surface area contributed by atoms with E-state index in [0.29, 0.717) is 5.82 Å². The van der Waals surface area contributed by atoms with E-state index in [9.17, 15) is 0 Å². The highest BCUT2D eigenvalue weighted by Crippen LogP contribution is 2.29. The van der Waals surface area contributed by atoms with Crippen LogP contribution in [0.3, 0.4) is 0 Å². The Bertz CT molecular complexity index is 694. The fraction of sp³-hybridized carbons (Fsp3) is 0.154. The van der Waals surface area contributed by atoms with Crippen molar-refractivity contribution in [3.05, 3.63) is 40.9 Å². The van der Waals surface area contributed by atoms with E-state index < -0.39 is 0 Å². The Hall–Kier alpha value is -1.81. The monoisotopic (exact) mass is 243 g/mol. The van der Waals surface area contributed by atoms with Gasteiger partial charge in [-0.2, -0.15) is 0 Å². The second kappa shape index (κ2) is 3.60. The number of hydrogen-bond acceptors (Lipinski definition) is 3. The molecule has 2 N–H and O–H groups in total. The standard InChI is InChI=1S/C13H13N3S/c1-8-3-4-10(5-9(8)2)11-7-17-13-15-6-12(14)16(11)13/h3-7H,14H2,1-2H3. The summed E-state index contributed by atoms with van der Waals surface area (Å²) < 4.78 is 1.99. The van der Waals surface area contributed by atoms with Gasteiger partial charge in [-0.15, -0.1) is 11.3 Å². The number of aromatic nitrogens is 2. The van der Waals surface area contributed by atoms with Gasteiger partial charge in [0.1, 0.15) is 5.82 Å². The Morgan fingerprint density at radius 3 is 2.82 bits per heavy atom. The predicted molar refractivity (Wildman–Crippen MR) is 72.4 cm³/mol. The number of anilines is 1. The summed E-state index contributed by atoms with van der Waals surface area (Å²) in [7, 11) is 0. The second-order valence-corrected chi connectivity index (χ2v) is 5.06. The van der Waals surface area contributed by atoms with Gasteiger partial charge in [0.15, 0.2) is 4.96 Å². The highest BCUT2D eigenvalue weighted by Gasteiger charge is 2.10. The summed E-state index contributed by atoms with van der Waals surface area (Å²) in [5, 5.41) is 2.10. The molecule has 2 aromatic heterocycles. The van der Waals surface area contributed by atoms with Crippen molar-refractivity contribution in [1.29, 1.82) is 0 Å². The molecule has 0 aliphatic carbocycles. The maximum Gasteiger partial charge on any atom is 0.195 e. The number of nitrogens with zero attached hydrogens (tertiary/aromatic N) is 2. The third-order valence-corrected chi connectivity index (χ3v) is 3.92. The molecule has 4 heteroatoms. The van der Waals surface area contributed by atoms with Gasteiger partial charge in [-0.1, -0.05) is 12.1 Å². The van der Waals surface area contributed by atoms with E-state index in [-0.39, 0.29) is 0 Å². The third kappa shape index (κ3) is 1.52. The maximum absolute atomic E-state index is 5.93. The van der Waals surface area contributed by atoms with Crippen LogP contribution >= 0.6 is 11.3 Å². The Labute approximate surface area is 104 Å². The van der Waals surface area contributed by atoms with Crippen LogP contribution in [0.15, 0.2) is 29.8 Å². The molecule has 2 heterocycles. The molecule has 0 spiro atoms. The van der Waals surface area contributed by atoms with Crippen molar-refractivity contribution in [1.82, 2.24) is 9.38 Å². The van der Waals surface area contributed by atoms with Gasteiger partial charge in [0.2, 0.25) is 0 Å². The molecule has 0 unspecified atom stereocenters. The smallest absolute Gasteiger partial charge is 0.195 e. The highest BCUT2D eigenvalue weighted by atomic mass is 32.1. The molecule has 0 aliphatic heterocycles. The first kappa shape index (κ1) is 10.4. The van der Waals surface area contributed by atoms with Crippen molar-refractivity contribution >= 4 is 22.1 Å². The summed E-state index contributed by atoms with van der Waals surface area (Å²) in [6.45, 7) is 4.24. The average Bonchev–Trinajstić information content (AvgIpc) is 2.86. The van der Waals surface area contributed by atoms with Crippen LogP contribution in [0.2, 0.25) is 0 Å². The lowest BCUT2D eigenvalue weighted by atomic mass is 10.0. The molecule has 0 aliphatic rings. The fourth-order valence-corrected chi connectivity index (χ4v) is 2.81. The van der Waals surface area contributed by atoms with Crippen LogP contribution in [0.25, 0.3) is 16.2 Å². The molecule has 3 nitrogen and oxygen atoms in total. The lowest BCUT2D eigenvalue weighted by molar-refractivity contribution is 1.24. The molecule has 17 heavy (non-hydrogen) atoms. The van der Waals surface area contributed by atoms with Crippen LogP contribution in [0.1, 0.15) is 11.1 Å². The molecule has 0 saturated carbocycles. The molecule has 0 atom stereocenters. The Morgan fingerprint density at radius 2 is 2.06 bits per heavy atom. The number of nitrogens with two attached hydrogens (primary N) is 1. The number of fused-ring (bicyclic) bond motifs is 1. The molecular weight excluding hydrogens is 230 g/mol. The molecule has 0 fully saturated rings. The van der Waals surface area contributed by atoms with E-state index in [1.807, 2.05) is 4.40 Å². The third-order valence-electron chi connectivity index (χ3n) is 3.08. The summed E-state index contributed by atoms with van der Waals surface area (Å²) in [5.41, 5.74) is 10.8. The van der Waals surface area contributed by atoms with E-state index in [2.05, 4.69) is 42.4 Å². The van der Waals surface area contributed by atoms with Gasteiger partial charge in [0.05, 0.1) is 11.9 Å². The van der Waals surface area contributed by atoms with Crippen molar-refractivity contribution in [2.75, 3.05) is 5.73 Å². The zero-order chi connectivity index (χ0) is 12.0. The van der Waals surface area contributed by atoms with Crippen molar-refractivity contribution in [2.24, 2.45) is 0 Å². The predicted octanol–water partition coefficient (Wildman–Crippen LogP) is 3.26. The van der Waals surface area contributed by atoms with Crippen molar-refractivity contribution < 1.29 is 0 Å². The van der Waals surface area contributed by atoms with Crippen LogP contribution in [0.4, 0.5) is 5.82 Å². The van der Waals surface area contributed by atoms with Crippen molar-refractivity contribution in [3.63, 3.8) is 0 Å². The van der Waals surface area contributed by atoms with E-state index in [4.69, 9.17) is 5.73 Å². The van der Waals surface area contributed by atoms with E-state index >= 15 is 0 Å². The minimum Gasteiger partial charge on any atom is -0.383 e. The van der Waals surface area contributed by atoms with Gasteiger partial charge >= 0.3 is 0 Å². The molecule has 3 aromatic rings. The molecule has 0 bridgehead atoms. The van der Waals surface area contributed by atoms with E-state index in [1.165, 1.54) is 16.7 Å². The number of hydrogen-bond donors (Lipinski definition) is 1. The summed E-state index contributed by atoms with van der Waals surface area (Å²) in [5.74, 6) is 0.689. The maximum atomic E-state index is 5.93. The first-order chi connectivity index (χ1) is 8.16. The normalized spacial score (nSPS) is 11.2. The summed E-state index contributed by atoms with van der Waals surface area (Å²) in [4.78, 5) is 5.20. The minimum atomic E-state index is 0.689. The summed E-state index contributed by atoms with van der Waals surface area (Å²) >= 11 is 1.61. The number of thiazole rings is 1. The first-order valence-electron chi connectivity index (χ1n) is 5.45. The van der Waals surface area contributed by atoms with Crippen molar-refractivity contribution in [3.8, 4) is 11.3 Å². The Balaban J connectivity index is 2.26. The number of rotatable bonds is 1. The number of nitrogen functional groups attached to an aromatic ring is 1. The Kier molecular flexibility index (Phi) is 2.19. The second-order valence-electron chi connectivity index (χ2n) is 4.22. The van der Waals surface area contributed by atoms with Crippen LogP contribution in [-0.4, -0.2) is 9.38 Å². The highest BCUT2D eigenvalue weighted by molar-refractivity contribution is 7.15. The van der Waals surface area contributed by atoms with Gasteiger partial charge < -0.3 is 5.73 Å². The molecule has 0 amide bonds. The zero-order valence-electron chi connectivity index (χ0n) is 9.77. The molecule has 0 saturated heterocycles. The van der Waals surface area contributed by atoms with Crippen LogP contribution in [0, 0.1) is 13.8 Å². The van der Waals surface area contributed by atoms with E-state index in [0.717, 1.165) is 10.7 Å². The Morgan fingerprint density at radius 1 is 1.24 bits per heavy atom. The summed E-state index contributed by atoms with van der Waals surface area (Å²) in [6.07, 6.45) is 1.70. The van der Waals surface area contributed by atoms with Gasteiger partial charge in [0, 0.05) is 5.38 Å². The number of imidazole rings is 1. The first-order valence-corrected chi connectivity index (χ1v) is 6.33. The largest absolute Gasteiger partial charge is 0.383 e. The molecule has 86 valence electrons. The van der Waals surface area contributed by atoms with Gasteiger partial charge in [-0.3, -0.25) is 4.40 Å². The minimum absolute atomic E-state index is 0.689. The molecular formula is C13H13N3S. The van der Waals surface area contributed by atoms with Crippen molar-refractivity contribution in [2.45, 2.75) is 13.8 Å². The molecule has 0 radical (unpaired) electrons. The summed E-state index contributed by atoms with van der Waals surface area (Å²) in [6, 6.07) is 6.46. The zero-order valence-corrected chi connectivity index (χ0v) is 10.6. The lowest BCUT2D eigenvalue weighted by Gasteiger charge is -2.05. The fourth-order valence-electron chi connectivity index (χ4n) is 1.93. The van der Waals surface area contributed by atoms with E-state index in [1.54, 1.807) is 17.5 Å². The molecule has 1 aromatic carbocycles. The topological polar surface area (TPSA) is 43.3 Å². The van der Waals surface area contributed by atoms with Gasteiger partial charge in [-0.25, -0.2) is 4.98 Å². The number of aryl methyl sites for hydroxylation is 2. The number of benzene rings is 1. The van der Waals surface area contributed by atoms with Crippen LogP contribution < -0.4 is 5.73 Å². The van der Waals surface area contributed by atoms with Gasteiger partial charge in [0.25, 0.3) is 0 Å².